The average Bonchev–Trinajstić information content (AvgIpc) is 2.36. The fourth-order valence-electron chi connectivity index (χ4n) is 1.93. The van der Waals surface area contributed by atoms with Gasteiger partial charge in [-0.05, 0) is 13.3 Å². The number of nitrogens with zero attached hydrogens (tertiary/aromatic N) is 1. The third-order valence-corrected chi connectivity index (χ3v) is 4.06. The summed E-state index contributed by atoms with van der Waals surface area (Å²) in [5.74, 6) is 0.366. The van der Waals surface area contributed by atoms with Gasteiger partial charge in [0.15, 0.2) is 0 Å². The van der Waals surface area contributed by atoms with Crippen LogP contribution in [-0.4, -0.2) is 52.1 Å². The first-order valence-electron chi connectivity index (χ1n) is 6.44. The van der Waals surface area contributed by atoms with E-state index in [1.54, 1.807) is 11.8 Å². The summed E-state index contributed by atoms with van der Waals surface area (Å²) in [6, 6.07) is -0.838. The maximum absolute atomic E-state index is 12.0. The highest BCUT2D eigenvalue weighted by atomic mass is 32.2. The minimum Gasteiger partial charge on any atom is -0.480 e. The van der Waals surface area contributed by atoms with Gasteiger partial charge in [-0.1, -0.05) is 19.8 Å². The molecule has 2 unspecified atom stereocenters. The van der Waals surface area contributed by atoms with E-state index >= 15 is 0 Å². The van der Waals surface area contributed by atoms with Crippen LogP contribution in [0.25, 0.3) is 0 Å². The lowest BCUT2D eigenvalue weighted by atomic mass is 10.1. The van der Waals surface area contributed by atoms with Gasteiger partial charge < -0.3 is 15.3 Å². The molecule has 0 bridgehead atoms. The normalized spacial score (nSPS) is 21.4. The van der Waals surface area contributed by atoms with Crippen molar-refractivity contribution in [1.82, 2.24) is 10.2 Å². The average molecular weight is 274 g/mol. The first-order valence-corrected chi connectivity index (χ1v) is 7.59. The van der Waals surface area contributed by atoms with Crippen molar-refractivity contribution in [3.8, 4) is 0 Å². The summed E-state index contributed by atoms with van der Waals surface area (Å²) in [6.45, 7) is 4.58. The van der Waals surface area contributed by atoms with Crippen LogP contribution in [0.3, 0.4) is 0 Å². The second-order valence-electron chi connectivity index (χ2n) is 4.62. The smallest absolute Gasteiger partial charge is 0.327 e. The zero-order valence-corrected chi connectivity index (χ0v) is 11.8. The first-order chi connectivity index (χ1) is 8.56. The number of carboxylic acid groups (broad SMARTS) is 1. The maximum atomic E-state index is 12.0. The van der Waals surface area contributed by atoms with E-state index in [2.05, 4.69) is 12.2 Å². The molecule has 0 radical (unpaired) electrons. The lowest BCUT2D eigenvalue weighted by Gasteiger charge is -2.33. The van der Waals surface area contributed by atoms with Crippen LogP contribution in [0.5, 0.6) is 0 Å². The zero-order chi connectivity index (χ0) is 13.5. The molecule has 1 saturated heterocycles. The molecule has 2 amide bonds. The molecule has 0 aromatic carbocycles. The van der Waals surface area contributed by atoms with Crippen LogP contribution < -0.4 is 5.32 Å². The van der Waals surface area contributed by atoms with E-state index in [0.717, 1.165) is 25.0 Å². The number of rotatable bonds is 5. The summed E-state index contributed by atoms with van der Waals surface area (Å²) in [5, 5.41) is 12.0. The Balaban J connectivity index is 2.50. The van der Waals surface area contributed by atoms with E-state index in [-0.39, 0.29) is 12.1 Å². The Morgan fingerprint density at radius 1 is 1.56 bits per heavy atom. The summed E-state index contributed by atoms with van der Waals surface area (Å²) in [5.41, 5.74) is 0. The highest BCUT2D eigenvalue weighted by Gasteiger charge is 2.32. The highest BCUT2D eigenvalue weighted by Crippen LogP contribution is 2.17. The highest BCUT2D eigenvalue weighted by molar-refractivity contribution is 7.99. The van der Waals surface area contributed by atoms with Crippen molar-refractivity contribution < 1.29 is 14.7 Å². The number of urea groups is 1. The lowest BCUT2D eigenvalue weighted by molar-refractivity contribution is -0.141. The molecule has 6 heteroatoms. The van der Waals surface area contributed by atoms with E-state index in [0.29, 0.717) is 12.3 Å². The molecule has 0 aromatic rings. The molecule has 1 heterocycles. The van der Waals surface area contributed by atoms with Crippen LogP contribution in [0.1, 0.15) is 33.1 Å². The van der Waals surface area contributed by atoms with Gasteiger partial charge in [0.05, 0.1) is 0 Å². The molecule has 104 valence electrons. The van der Waals surface area contributed by atoms with Crippen molar-refractivity contribution in [3.63, 3.8) is 0 Å². The van der Waals surface area contributed by atoms with Crippen molar-refractivity contribution in [3.05, 3.63) is 0 Å². The van der Waals surface area contributed by atoms with E-state index in [9.17, 15) is 9.59 Å². The van der Waals surface area contributed by atoms with Gasteiger partial charge in [0.25, 0.3) is 0 Å². The monoisotopic (exact) mass is 274 g/mol. The van der Waals surface area contributed by atoms with E-state index < -0.39 is 12.0 Å². The van der Waals surface area contributed by atoms with Gasteiger partial charge >= 0.3 is 12.0 Å². The topological polar surface area (TPSA) is 69.6 Å². The number of aliphatic carboxylic acids is 1. The molecule has 1 aliphatic rings. The number of nitrogens with one attached hydrogen (secondary N) is 1. The predicted molar refractivity (Wildman–Crippen MR) is 73.0 cm³/mol. The molecule has 18 heavy (non-hydrogen) atoms. The Morgan fingerprint density at radius 2 is 2.28 bits per heavy atom. The standard InChI is InChI=1S/C12H22N2O3S/c1-3-4-5-9(2)13-12(17)14-6-7-18-8-10(14)11(15)16/h9-10H,3-8H2,1-2H3,(H,13,17)(H,15,16). The number of hydrogen-bond donors (Lipinski definition) is 2. The van der Waals surface area contributed by atoms with Gasteiger partial charge in [0, 0.05) is 24.1 Å². The quantitative estimate of drug-likeness (QED) is 0.801. The number of carbonyl (C=O) groups is 2. The van der Waals surface area contributed by atoms with Gasteiger partial charge in [-0.15, -0.1) is 0 Å². The Labute approximate surface area is 112 Å². The molecular weight excluding hydrogens is 252 g/mol. The molecule has 5 nitrogen and oxygen atoms in total. The minimum atomic E-state index is -0.918. The Bertz CT molecular complexity index is 299. The fourth-order valence-corrected chi connectivity index (χ4v) is 2.97. The van der Waals surface area contributed by atoms with Crippen molar-refractivity contribution in [1.29, 1.82) is 0 Å². The van der Waals surface area contributed by atoms with Crippen LogP contribution in [0.4, 0.5) is 4.79 Å². The number of unbranched alkanes of at least 4 members (excludes halogenated alkanes) is 1. The number of amides is 2. The van der Waals surface area contributed by atoms with E-state index in [4.69, 9.17) is 5.11 Å². The number of thioether (sulfide) groups is 1. The van der Waals surface area contributed by atoms with E-state index in [1.165, 1.54) is 4.90 Å². The zero-order valence-electron chi connectivity index (χ0n) is 11.0. The number of carboxylic acids is 1. The van der Waals surface area contributed by atoms with Crippen LogP contribution in [0.2, 0.25) is 0 Å². The first kappa shape index (κ1) is 15.1. The third-order valence-electron chi connectivity index (χ3n) is 3.03. The Hall–Kier alpha value is -0.910. The molecule has 0 aromatic heterocycles. The fraction of sp³-hybridized carbons (Fsp3) is 0.833. The van der Waals surface area contributed by atoms with Crippen LogP contribution >= 0.6 is 11.8 Å². The van der Waals surface area contributed by atoms with Gasteiger partial charge in [-0.3, -0.25) is 0 Å². The van der Waals surface area contributed by atoms with Crippen molar-refractivity contribution >= 4 is 23.8 Å². The summed E-state index contributed by atoms with van der Waals surface area (Å²) in [4.78, 5) is 24.6. The SMILES string of the molecule is CCCCC(C)NC(=O)N1CCSCC1C(=O)O. The molecule has 1 rings (SSSR count). The van der Waals surface area contributed by atoms with Crippen LogP contribution in [-0.2, 0) is 4.79 Å². The molecule has 1 fully saturated rings. The molecule has 0 aliphatic carbocycles. The summed E-state index contributed by atoms with van der Waals surface area (Å²) in [7, 11) is 0. The van der Waals surface area contributed by atoms with Gasteiger partial charge in [-0.25, -0.2) is 9.59 Å². The van der Waals surface area contributed by atoms with Crippen LogP contribution in [0.15, 0.2) is 0 Å². The molecule has 0 spiro atoms. The second kappa shape index (κ2) is 7.51. The Kier molecular flexibility index (Phi) is 6.32. The van der Waals surface area contributed by atoms with Crippen LogP contribution in [0, 0.1) is 0 Å². The van der Waals surface area contributed by atoms with Crippen molar-refractivity contribution in [2.75, 3.05) is 18.1 Å². The third kappa shape index (κ3) is 4.40. The van der Waals surface area contributed by atoms with E-state index in [1.807, 2.05) is 6.92 Å². The minimum absolute atomic E-state index is 0.0986. The molecule has 2 atom stereocenters. The van der Waals surface area contributed by atoms with Gasteiger partial charge in [0.2, 0.25) is 0 Å². The molecule has 0 saturated carbocycles. The number of carbonyl (C=O) groups excluding carboxylic acids is 1. The second-order valence-corrected chi connectivity index (χ2v) is 5.76. The molecule has 2 N–H and O–H groups in total. The molecule has 1 aliphatic heterocycles. The van der Waals surface area contributed by atoms with Gasteiger partial charge in [0.1, 0.15) is 6.04 Å². The summed E-state index contributed by atoms with van der Waals surface area (Å²) >= 11 is 1.58. The molecular formula is C12H22N2O3S. The van der Waals surface area contributed by atoms with Crippen molar-refractivity contribution in [2.24, 2.45) is 0 Å². The predicted octanol–water partition coefficient (Wildman–Crippen LogP) is 1.78. The summed E-state index contributed by atoms with van der Waals surface area (Å²) < 4.78 is 0. The maximum Gasteiger partial charge on any atom is 0.327 e. The Morgan fingerprint density at radius 3 is 2.89 bits per heavy atom. The lowest BCUT2D eigenvalue weighted by Crippen LogP contribution is -2.55. The summed E-state index contributed by atoms with van der Waals surface area (Å²) in [6.07, 6.45) is 3.10. The number of hydrogen-bond acceptors (Lipinski definition) is 3. The van der Waals surface area contributed by atoms with Gasteiger partial charge in [-0.2, -0.15) is 11.8 Å². The van der Waals surface area contributed by atoms with Crippen molar-refractivity contribution in [2.45, 2.75) is 45.2 Å². The largest absolute Gasteiger partial charge is 0.480 e.